The number of rotatable bonds is 6. The maximum Gasteiger partial charge on any atom is 0.290 e. The van der Waals surface area contributed by atoms with Crippen LogP contribution in [0.15, 0.2) is 66.1 Å². The Hall–Kier alpha value is -3.91. The number of nitrogens with zero attached hydrogens (tertiary/aromatic N) is 2. The number of phenols is 1. The topological polar surface area (TPSA) is 107 Å². The first-order valence-corrected chi connectivity index (χ1v) is 11.7. The van der Waals surface area contributed by atoms with Gasteiger partial charge in [0.15, 0.2) is 5.76 Å². The van der Waals surface area contributed by atoms with Gasteiger partial charge in [-0.2, -0.15) is 0 Å². The molecule has 0 fully saturated rings. The summed E-state index contributed by atoms with van der Waals surface area (Å²) in [6.07, 6.45) is 2.44. The van der Waals surface area contributed by atoms with Gasteiger partial charge in [-0.05, 0) is 49.6 Å². The molecule has 1 aliphatic heterocycles. The van der Waals surface area contributed by atoms with Crippen LogP contribution in [-0.2, 0) is 11.2 Å². The molecule has 0 saturated carbocycles. The van der Waals surface area contributed by atoms with Gasteiger partial charge >= 0.3 is 0 Å². The summed E-state index contributed by atoms with van der Waals surface area (Å²) in [5, 5.41) is 22.8. The SMILES string of the molecule is Cc1nc(C)c(C(=O)C2=C(O)C(=O)N(CCc3c[nH]c4ccccc34)C2c2cccc(O)c2)s1. The Bertz CT molecular complexity index is 1470. The number of H-pyrrole nitrogens is 1. The maximum atomic E-state index is 13.6. The minimum absolute atomic E-state index is 0.0151. The van der Waals surface area contributed by atoms with Gasteiger partial charge in [0.05, 0.1) is 27.2 Å². The van der Waals surface area contributed by atoms with Crippen LogP contribution in [0.1, 0.15) is 37.5 Å². The minimum atomic E-state index is -0.820. The van der Waals surface area contributed by atoms with E-state index in [1.807, 2.05) is 37.4 Å². The number of hydrogen-bond acceptors (Lipinski definition) is 6. The van der Waals surface area contributed by atoms with Gasteiger partial charge in [0.25, 0.3) is 5.91 Å². The number of fused-ring (bicyclic) bond motifs is 1. The number of aromatic hydroxyl groups is 1. The number of Topliss-reactive ketones (excluding diaryl/α,β-unsaturated/α-hetero) is 1. The highest BCUT2D eigenvalue weighted by molar-refractivity contribution is 7.14. The number of aromatic nitrogens is 2. The molecule has 1 unspecified atom stereocenters. The zero-order valence-corrected chi connectivity index (χ0v) is 19.5. The van der Waals surface area contributed by atoms with Crippen LogP contribution in [0, 0.1) is 13.8 Å². The summed E-state index contributed by atoms with van der Waals surface area (Å²) in [6, 6.07) is 13.5. The third kappa shape index (κ3) is 3.66. The Balaban J connectivity index is 1.54. The summed E-state index contributed by atoms with van der Waals surface area (Å²) in [4.78, 5) is 36.2. The summed E-state index contributed by atoms with van der Waals surface area (Å²) in [5.74, 6) is -1.56. The van der Waals surface area contributed by atoms with Gasteiger partial charge in [-0.15, -0.1) is 11.3 Å². The molecule has 0 radical (unpaired) electrons. The minimum Gasteiger partial charge on any atom is -0.508 e. The summed E-state index contributed by atoms with van der Waals surface area (Å²) < 4.78 is 0. The molecule has 1 atom stereocenters. The van der Waals surface area contributed by atoms with E-state index in [-0.39, 0.29) is 17.9 Å². The van der Waals surface area contributed by atoms with Crippen LogP contribution in [0.4, 0.5) is 0 Å². The molecule has 0 bridgehead atoms. The predicted molar refractivity (Wildman–Crippen MR) is 130 cm³/mol. The van der Waals surface area contributed by atoms with Crippen molar-refractivity contribution >= 4 is 33.9 Å². The normalized spacial score (nSPS) is 16.1. The molecule has 0 aliphatic carbocycles. The monoisotopic (exact) mass is 473 g/mol. The number of ketones is 1. The van der Waals surface area contributed by atoms with Crippen LogP contribution in [-0.4, -0.2) is 43.3 Å². The van der Waals surface area contributed by atoms with Gasteiger partial charge in [-0.25, -0.2) is 4.98 Å². The van der Waals surface area contributed by atoms with Crippen LogP contribution >= 0.6 is 11.3 Å². The highest BCUT2D eigenvalue weighted by Crippen LogP contribution is 2.41. The summed E-state index contributed by atoms with van der Waals surface area (Å²) >= 11 is 1.24. The highest BCUT2D eigenvalue weighted by Gasteiger charge is 2.44. The number of carbonyl (C=O) groups is 2. The lowest BCUT2D eigenvalue weighted by atomic mass is 9.94. The number of benzene rings is 2. The molecular weight excluding hydrogens is 450 g/mol. The largest absolute Gasteiger partial charge is 0.508 e. The number of para-hydroxylation sites is 1. The standard InChI is InChI=1S/C26H23N3O4S/c1-14-25(34-15(2)28-14)23(31)21-22(16-6-5-7-18(30)12-16)29(26(33)24(21)32)11-10-17-13-27-20-9-4-3-8-19(17)20/h3-9,12-13,22,27,30,32H,10-11H2,1-2H3. The van der Waals surface area contributed by atoms with Crippen LogP contribution in [0.5, 0.6) is 5.75 Å². The Morgan fingerprint density at radius 1 is 1.15 bits per heavy atom. The molecule has 4 aromatic rings. The Kier molecular flexibility index (Phi) is 5.45. The molecule has 3 N–H and O–H groups in total. The van der Waals surface area contributed by atoms with Crippen LogP contribution in [0.25, 0.3) is 10.9 Å². The molecular formula is C26H23N3O4S. The summed E-state index contributed by atoms with van der Waals surface area (Å²) in [5.41, 5.74) is 3.17. The Morgan fingerprint density at radius 2 is 1.94 bits per heavy atom. The first-order valence-electron chi connectivity index (χ1n) is 10.9. The lowest BCUT2D eigenvalue weighted by Gasteiger charge is -2.27. The maximum absolute atomic E-state index is 13.6. The number of amides is 1. The average Bonchev–Trinajstić information content (AvgIpc) is 3.46. The third-order valence-corrected chi connectivity index (χ3v) is 7.21. The molecule has 5 rings (SSSR count). The molecule has 0 spiro atoms. The number of aromatic amines is 1. The van der Waals surface area contributed by atoms with Gasteiger partial charge in [-0.3, -0.25) is 9.59 Å². The second kappa shape index (κ2) is 8.46. The molecule has 2 aromatic carbocycles. The summed E-state index contributed by atoms with van der Waals surface area (Å²) in [6.45, 7) is 3.83. The van der Waals surface area contributed by atoms with E-state index in [4.69, 9.17) is 0 Å². The predicted octanol–water partition coefficient (Wildman–Crippen LogP) is 4.77. The lowest BCUT2D eigenvalue weighted by Crippen LogP contribution is -2.33. The molecule has 0 saturated heterocycles. The van der Waals surface area contributed by atoms with Gasteiger partial charge < -0.3 is 20.1 Å². The average molecular weight is 474 g/mol. The van der Waals surface area contributed by atoms with Crippen molar-refractivity contribution in [1.29, 1.82) is 0 Å². The van der Waals surface area contributed by atoms with E-state index in [2.05, 4.69) is 9.97 Å². The number of aliphatic hydroxyl groups excluding tert-OH is 1. The lowest BCUT2D eigenvalue weighted by molar-refractivity contribution is -0.129. The van der Waals surface area contributed by atoms with E-state index >= 15 is 0 Å². The van der Waals surface area contributed by atoms with Gasteiger partial charge in [-0.1, -0.05) is 30.3 Å². The number of carbonyl (C=O) groups excluding carboxylic acids is 2. The van der Waals surface area contributed by atoms with Crippen molar-refractivity contribution in [2.45, 2.75) is 26.3 Å². The number of thiazole rings is 1. The number of phenolic OH excluding ortho intramolecular Hbond substituents is 1. The van der Waals surface area contributed by atoms with E-state index < -0.39 is 23.5 Å². The summed E-state index contributed by atoms with van der Waals surface area (Å²) in [7, 11) is 0. The van der Waals surface area contributed by atoms with Crippen molar-refractivity contribution in [3.8, 4) is 5.75 Å². The quantitative estimate of drug-likeness (QED) is 0.350. The molecule has 1 aliphatic rings. The second-order valence-electron chi connectivity index (χ2n) is 8.34. The van der Waals surface area contributed by atoms with E-state index in [1.165, 1.54) is 28.4 Å². The van der Waals surface area contributed by atoms with Gasteiger partial charge in [0.2, 0.25) is 5.78 Å². The molecule has 1 amide bonds. The first-order chi connectivity index (χ1) is 16.3. The molecule has 34 heavy (non-hydrogen) atoms. The second-order valence-corrected chi connectivity index (χ2v) is 9.55. The van der Waals surface area contributed by atoms with Crippen molar-refractivity contribution in [2.24, 2.45) is 0 Å². The van der Waals surface area contributed by atoms with Crippen molar-refractivity contribution in [1.82, 2.24) is 14.9 Å². The fraction of sp³-hybridized carbons (Fsp3) is 0.192. The Labute approximate surface area is 200 Å². The van der Waals surface area contributed by atoms with Gasteiger partial charge in [0, 0.05) is 23.6 Å². The number of aliphatic hydroxyl groups is 1. The smallest absolute Gasteiger partial charge is 0.290 e. The molecule has 2 aromatic heterocycles. The van der Waals surface area contributed by atoms with Crippen molar-refractivity contribution in [2.75, 3.05) is 6.54 Å². The molecule has 3 heterocycles. The van der Waals surface area contributed by atoms with E-state index in [0.717, 1.165) is 21.5 Å². The fourth-order valence-electron chi connectivity index (χ4n) is 4.60. The van der Waals surface area contributed by atoms with Gasteiger partial charge in [0.1, 0.15) is 5.75 Å². The van der Waals surface area contributed by atoms with Crippen LogP contribution in [0.2, 0.25) is 0 Å². The highest BCUT2D eigenvalue weighted by atomic mass is 32.1. The number of hydrogen-bond donors (Lipinski definition) is 3. The zero-order valence-electron chi connectivity index (χ0n) is 18.7. The van der Waals surface area contributed by atoms with Crippen molar-refractivity contribution in [3.63, 3.8) is 0 Å². The van der Waals surface area contributed by atoms with Crippen LogP contribution in [0.3, 0.4) is 0 Å². The van der Waals surface area contributed by atoms with Crippen LogP contribution < -0.4 is 0 Å². The first kappa shape index (κ1) is 21.9. The molecule has 7 nitrogen and oxygen atoms in total. The Morgan fingerprint density at radius 3 is 2.68 bits per heavy atom. The van der Waals surface area contributed by atoms with Crippen molar-refractivity contribution in [3.05, 3.63) is 92.8 Å². The van der Waals surface area contributed by atoms with Crippen molar-refractivity contribution < 1.29 is 19.8 Å². The molecule has 172 valence electrons. The number of nitrogens with one attached hydrogen (secondary N) is 1. The van der Waals surface area contributed by atoms with E-state index in [9.17, 15) is 19.8 Å². The zero-order chi connectivity index (χ0) is 24.0. The number of aryl methyl sites for hydroxylation is 2. The van der Waals surface area contributed by atoms with E-state index in [0.29, 0.717) is 22.6 Å². The fourth-order valence-corrected chi connectivity index (χ4v) is 5.48. The molecule has 8 heteroatoms. The third-order valence-electron chi connectivity index (χ3n) is 6.14. The van der Waals surface area contributed by atoms with E-state index in [1.54, 1.807) is 19.1 Å².